The summed E-state index contributed by atoms with van der Waals surface area (Å²) in [5.41, 5.74) is 0.535. The molecule has 0 aromatic carbocycles. The van der Waals surface area contributed by atoms with Crippen LogP contribution in [-0.2, 0) is 18.3 Å². The molecule has 6 nitrogen and oxygen atoms in total. The molecule has 1 aromatic heterocycles. The Labute approximate surface area is 132 Å². The zero-order valence-corrected chi connectivity index (χ0v) is 14.3. The summed E-state index contributed by atoms with van der Waals surface area (Å²) in [5.74, 6) is 0.593. The molecule has 1 aromatic rings. The molecular formula is C16H28N4O2. The van der Waals surface area contributed by atoms with Crippen molar-refractivity contribution in [2.24, 2.45) is 13.0 Å². The third-order valence-electron chi connectivity index (χ3n) is 4.07. The van der Waals surface area contributed by atoms with Crippen LogP contribution in [0.2, 0.25) is 0 Å². The Morgan fingerprint density at radius 2 is 2.09 bits per heavy atom. The molecule has 1 fully saturated rings. The number of rotatable bonds is 6. The van der Waals surface area contributed by atoms with Crippen molar-refractivity contribution in [3.8, 4) is 0 Å². The first-order valence-corrected chi connectivity index (χ1v) is 7.87. The zero-order valence-electron chi connectivity index (χ0n) is 14.3. The Bertz CT molecular complexity index is 516. The lowest BCUT2D eigenvalue weighted by atomic mass is 9.95. The van der Waals surface area contributed by atoms with Gasteiger partial charge in [-0.05, 0) is 46.5 Å². The summed E-state index contributed by atoms with van der Waals surface area (Å²) in [5, 5.41) is 6.49. The second-order valence-corrected chi connectivity index (χ2v) is 7.40. The molecule has 0 spiro atoms. The lowest BCUT2D eigenvalue weighted by molar-refractivity contribution is 0.0507. The standard InChI is InChI=1S/C16H28N4O2/c1-15(2,3)22-14(21)18-10-16(4,12-6-7-12)19-9-13-8-17-11-20(13)5/h8,11-12,19H,6-7,9-10H2,1-5H3,(H,18,21). The quantitative estimate of drug-likeness (QED) is 0.845. The molecule has 1 atom stereocenters. The smallest absolute Gasteiger partial charge is 0.407 e. The molecular weight excluding hydrogens is 280 g/mol. The van der Waals surface area contributed by atoms with Gasteiger partial charge in [0.05, 0.1) is 12.0 Å². The van der Waals surface area contributed by atoms with Crippen molar-refractivity contribution in [1.82, 2.24) is 20.2 Å². The first-order valence-electron chi connectivity index (χ1n) is 7.87. The van der Waals surface area contributed by atoms with Crippen molar-refractivity contribution < 1.29 is 9.53 Å². The third kappa shape index (κ3) is 4.73. The number of amides is 1. The highest BCUT2D eigenvalue weighted by molar-refractivity contribution is 5.67. The van der Waals surface area contributed by atoms with E-state index in [9.17, 15) is 4.79 Å². The maximum absolute atomic E-state index is 11.9. The van der Waals surface area contributed by atoms with Crippen LogP contribution in [0, 0.1) is 5.92 Å². The molecule has 1 unspecified atom stereocenters. The van der Waals surface area contributed by atoms with E-state index in [1.165, 1.54) is 12.8 Å². The highest BCUT2D eigenvalue weighted by Crippen LogP contribution is 2.39. The molecule has 0 radical (unpaired) electrons. The van der Waals surface area contributed by atoms with Crippen LogP contribution in [0.5, 0.6) is 0 Å². The summed E-state index contributed by atoms with van der Waals surface area (Å²) in [7, 11) is 1.98. The molecule has 1 saturated carbocycles. The highest BCUT2D eigenvalue weighted by Gasteiger charge is 2.41. The number of hydrogen-bond acceptors (Lipinski definition) is 4. The van der Waals surface area contributed by atoms with Crippen LogP contribution in [0.25, 0.3) is 0 Å². The summed E-state index contributed by atoms with van der Waals surface area (Å²) in [4.78, 5) is 16.0. The van der Waals surface area contributed by atoms with Gasteiger partial charge in [0.2, 0.25) is 0 Å². The SMILES string of the molecule is Cn1cncc1CNC(C)(CNC(=O)OC(C)(C)C)C1CC1. The molecule has 1 aliphatic rings. The topological polar surface area (TPSA) is 68.2 Å². The molecule has 1 aliphatic carbocycles. The molecule has 0 bridgehead atoms. The first-order chi connectivity index (χ1) is 10.2. The van der Waals surface area contributed by atoms with Crippen molar-refractivity contribution in [2.75, 3.05) is 6.54 Å². The zero-order chi connectivity index (χ0) is 16.4. The Morgan fingerprint density at radius 3 is 2.59 bits per heavy atom. The van der Waals surface area contributed by atoms with Gasteiger partial charge in [-0.25, -0.2) is 9.78 Å². The van der Waals surface area contributed by atoms with Crippen molar-refractivity contribution in [1.29, 1.82) is 0 Å². The number of aryl methyl sites for hydroxylation is 1. The van der Waals surface area contributed by atoms with E-state index in [1.807, 2.05) is 38.6 Å². The molecule has 124 valence electrons. The molecule has 2 N–H and O–H groups in total. The second-order valence-electron chi connectivity index (χ2n) is 7.40. The Hall–Kier alpha value is -1.56. The molecule has 0 aliphatic heterocycles. The van der Waals surface area contributed by atoms with Crippen LogP contribution in [0.4, 0.5) is 4.79 Å². The number of hydrogen-bond donors (Lipinski definition) is 2. The number of nitrogens with one attached hydrogen (secondary N) is 2. The molecule has 6 heteroatoms. The normalized spacial score (nSPS) is 17.9. The van der Waals surface area contributed by atoms with Gasteiger partial charge in [0.1, 0.15) is 5.60 Å². The largest absolute Gasteiger partial charge is 0.444 e. The van der Waals surface area contributed by atoms with E-state index in [1.54, 1.807) is 6.33 Å². The third-order valence-corrected chi connectivity index (χ3v) is 4.07. The Morgan fingerprint density at radius 1 is 1.41 bits per heavy atom. The van der Waals surface area contributed by atoms with E-state index in [0.717, 1.165) is 12.2 Å². The van der Waals surface area contributed by atoms with E-state index in [4.69, 9.17) is 4.74 Å². The minimum Gasteiger partial charge on any atom is -0.444 e. The van der Waals surface area contributed by atoms with Crippen molar-refractivity contribution >= 4 is 6.09 Å². The van der Waals surface area contributed by atoms with E-state index in [-0.39, 0.29) is 11.6 Å². The highest BCUT2D eigenvalue weighted by atomic mass is 16.6. The van der Waals surface area contributed by atoms with Crippen LogP contribution in [0.3, 0.4) is 0 Å². The first kappa shape index (κ1) is 16.8. The summed E-state index contributed by atoms with van der Waals surface area (Å²) in [6.07, 6.45) is 5.70. The predicted molar refractivity (Wildman–Crippen MR) is 85.4 cm³/mol. The molecule has 22 heavy (non-hydrogen) atoms. The fraction of sp³-hybridized carbons (Fsp3) is 0.750. The fourth-order valence-electron chi connectivity index (χ4n) is 2.49. The van der Waals surface area contributed by atoms with Gasteiger partial charge in [-0.3, -0.25) is 0 Å². The molecule has 2 rings (SSSR count). The summed E-state index contributed by atoms with van der Waals surface area (Å²) >= 11 is 0. The molecule has 1 heterocycles. The van der Waals surface area contributed by atoms with Gasteiger partial charge in [0.15, 0.2) is 0 Å². The monoisotopic (exact) mass is 308 g/mol. The number of carbonyl (C=O) groups excluding carboxylic acids is 1. The van der Waals surface area contributed by atoms with Gasteiger partial charge in [-0.1, -0.05) is 0 Å². The van der Waals surface area contributed by atoms with Crippen LogP contribution in [0.1, 0.15) is 46.2 Å². The van der Waals surface area contributed by atoms with E-state index in [2.05, 4.69) is 22.5 Å². The molecule has 0 saturated heterocycles. The number of imidazole rings is 1. The van der Waals surface area contributed by atoms with Gasteiger partial charge in [-0.15, -0.1) is 0 Å². The van der Waals surface area contributed by atoms with Crippen LogP contribution < -0.4 is 10.6 Å². The predicted octanol–water partition coefficient (Wildman–Crippen LogP) is 2.20. The van der Waals surface area contributed by atoms with Gasteiger partial charge in [0, 0.05) is 31.9 Å². The van der Waals surface area contributed by atoms with Gasteiger partial charge in [-0.2, -0.15) is 0 Å². The maximum Gasteiger partial charge on any atom is 0.407 e. The Kier molecular flexibility index (Phi) is 4.80. The lowest BCUT2D eigenvalue weighted by Crippen LogP contribution is -2.53. The second kappa shape index (κ2) is 6.28. The minimum atomic E-state index is -0.470. The van der Waals surface area contributed by atoms with E-state index >= 15 is 0 Å². The molecule has 1 amide bonds. The minimum absolute atomic E-state index is 0.124. The summed E-state index contributed by atoms with van der Waals surface area (Å²) in [6.45, 7) is 9.07. The van der Waals surface area contributed by atoms with Crippen molar-refractivity contribution in [2.45, 2.75) is 58.2 Å². The fourth-order valence-corrected chi connectivity index (χ4v) is 2.49. The number of alkyl carbamates (subject to hydrolysis) is 1. The van der Waals surface area contributed by atoms with Crippen LogP contribution in [0.15, 0.2) is 12.5 Å². The van der Waals surface area contributed by atoms with E-state index in [0.29, 0.717) is 12.5 Å². The maximum atomic E-state index is 11.9. The summed E-state index contributed by atoms with van der Waals surface area (Å²) < 4.78 is 7.31. The van der Waals surface area contributed by atoms with Gasteiger partial charge < -0.3 is 19.9 Å². The Balaban J connectivity index is 1.88. The number of ether oxygens (including phenoxy) is 1. The lowest BCUT2D eigenvalue weighted by Gasteiger charge is -2.32. The van der Waals surface area contributed by atoms with Crippen molar-refractivity contribution in [3.05, 3.63) is 18.2 Å². The summed E-state index contributed by atoms with van der Waals surface area (Å²) in [6, 6.07) is 0. The van der Waals surface area contributed by atoms with E-state index < -0.39 is 5.60 Å². The van der Waals surface area contributed by atoms with Crippen molar-refractivity contribution in [3.63, 3.8) is 0 Å². The van der Waals surface area contributed by atoms with Gasteiger partial charge >= 0.3 is 6.09 Å². The number of carbonyl (C=O) groups is 1. The van der Waals surface area contributed by atoms with Gasteiger partial charge in [0.25, 0.3) is 0 Å². The average molecular weight is 308 g/mol. The van der Waals surface area contributed by atoms with Crippen LogP contribution in [-0.4, -0.2) is 33.3 Å². The number of nitrogens with zero attached hydrogens (tertiary/aromatic N) is 2. The number of aromatic nitrogens is 2. The average Bonchev–Trinajstić information content (AvgIpc) is 3.17. The van der Waals surface area contributed by atoms with Crippen LogP contribution >= 0.6 is 0 Å².